The van der Waals surface area contributed by atoms with Crippen molar-refractivity contribution in [2.24, 2.45) is 0 Å². The van der Waals surface area contributed by atoms with E-state index in [1.165, 1.54) is 16.7 Å². The van der Waals surface area contributed by atoms with Gasteiger partial charge in [-0.25, -0.2) is 4.79 Å². The van der Waals surface area contributed by atoms with E-state index in [0.29, 0.717) is 12.2 Å². The van der Waals surface area contributed by atoms with E-state index in [0.717, 1.165) is 18.5 Å². The minimum atomic E-state index is -0.293. The largest absolute Gasteiger partial charge is 0.462 e. The molecule has 3 rings (SSSR count). The number of aromatic nitrogens is 1. The molecule has 0 bridgehead atoms. The lowest BCUT2D eigenvalue weighted by Gasteiger charge is -2.06. The summed E-state index contributed by atoms with van der Waals surface area (Å²) in [6, 6.07) is 22.4. The predicted octanol–water partition coefficient (Wildman–Crippen LogP) is 4.71. The van der Waals surface area contributed by atoms with Gasteiger partial charge in [-0.15, -0.1) is 0 Å². The second-order valence-corrected chi connectivity index (χ2v) is 5.82. The van der Waals surface area contributed by atoms with Crippen LogP contribution in [-0.4, -0.2) is 17.6 Å². The molecule has 0 amide bonds. The van der Waals surface area contributed by atoms with Gasteiger partial charge in [0.1, 0.15) is 0 Å². The molecule has 0 saturated carbocycles. The third kappa shape index (κ3) is 4.54. The topological polar surface area (TPSA) is 39.2 Å². The first kappa shape index (κ1) is 16.9. The maximum atomic E-state index is 11.8. The number of carbonyl (C=O) groups excluding carboxylic acids is 1. The Morgan fingerprint density at radius 3 is 2.36 bits per heavy atom. The molecule has 25 heavy (non-hydrogen) atoms. The lowest BCUT2D eigenvalue weighted by molar-refractivity contribution is 0.0526. The number of carbonyl (C=O) groups is 1. The first-order chi connectivity index (χ1) is 12.3. The highest BCUT2D eigenvalue weighted by molar-refractivity contribution is 5.89. The number of rotatable bonds is 6. The quantitative estimate of drug-likeness (QED) is 0.614. The average molecular weight is 331 g/mol. The fraction of sp³-hybridized carbons (Fsp3) is 0.182. The Hall–Kier alpha value is -2.94. The van der Waals surface area contributed by atoms with Crippen LogP contribution in [0.2, 0.25) is 0 Å². The third-order valence-corrected chi connectivity index (χ3v) is 4.06. The summed E-state index contributed by atoms with van der Waals surface area (Å²) in [6.07, 6.45) is 3.34. The molecular formula is C22H21NO2. The van der Waals surface area contributed by atoms with Crippen molar-refractivity contribution in [2.75, 3.05) is 6.61 Å². The molecule has 0 radical (unpaired) electrons. The summed E-state index contributed by atoms with van der Waals surface area (Å²) in [5.74, 6) is -0.293. The number of pyridine rings is 1. The van der Waals surface area contributed by atoms with Crippen LogP contribution in [-0.2, 0) is 17.6 Å². The summed E-state index contributed by atoms with van der Waals surface area (Å²) >= 11 is 0. The number of ether oxygens (including phenoxy) is 1. The predicted molar refractivity (Wildman–Crippen MR) is 99.5 cm³/mol. The van der Waals surface area contributed by atoms with Gasteiger partial charge in [-0.3, -0.25) is 4.98 Å². The van der Waals surface area contributed by atoms with Gasteiger partial charge >= 0.3 is 5.97 Å². The van der Waals surface area contributed by atoms with Gasteiger partial charge in [0.2, 0.25) is 0 Å². The Bertz CT molecular complexity index is 826. The zero-order chi connectivity index (χ0) is 17.5. The molecule has 0 unspecified atom stereocenters. The van der Waals surface area contributed by atoms with Gasteiger partial charge in [0.25, 0.3) is 0 Å². The van der Waals surface area contributed by atoms with Crippen LogP contribution in [0, 0.1) is 0 Å². The smallest absolute Gasteiger partial charge is 0.338 e. The minimum Gasteiger partial charge on any atom is -0.462 e. The Balaban J connectivity index is 1.64. The van der Waals surface area contributed by atoms with Crippen LogP contribution >= 0.6 is 0 Å². The molecule has 2 aromatic carbocycles. The SMILES string of the molecule is CCOC(=O)c1ccnc(CCc2ccc(-c3ccccc3)cc2)c1. The maximum absolute atomic E-state index is 11.8. The van der Waals surface area contributed by atoms with Crippen molar-refractivity contribution in [3.05, 3.63) is 89.7 Å². The van der Waals surface area contributed by atoms with Gasteiger partial charge in [0.05, 0.1) is 12.2 Å². The molecule has 0 atom stereocenters. The van der Waals surface area contributed by atoms with Gasteiger partial charge in [0.15, 0.2) is 0 Å². The number of benzene rings is 2. The van der Waals surface area contributed by atoms with E-state index < -0.39 is 0 Å². The number of hydrogen-bond acceptors (Lipinski definition) is 3. The fourth-order valence-corrected chi connectivity index (χ4v) is 2.72. The van der Waals surface area contributed by atoms with Gasteiger partial charge < -0.3 is 4.74 Å². The summed E-state index contributed by atoms with van der Waals surface area (Å²) in [5.41, 5.74) is 5.15. The number of nitrogens with zero attached hydrogens (tertiary/aromatic N) is 1. The van der Waals surface area contributed by atoms with E-state index in [2.05, 4.69) is 41.4 Å². The minimum absolute atomic E-state index is 0.293. The van der Waals surface area contributed by atoms with Crippen LogP contribution < -0.4 is 0 Å². The molecule has 3 nitrogen and oxygen atoms in total. The second-order valence-electron chi connectivity index (χ2n) is 5.82. The Kier molecular flexibility index (Phi) is 5.57. The Morgan fingerprint density at radius 1 is 0.920 bits per heavy atom. The van der Waals surface area contributed by atoms with E-state index in [1.54, 1.807) is 19.2 Å². The second kappa shape index (κ2) is 8.25. The molecule has 0 aliphatic heterocycles. The Morgan fingerprint density at radius 2 is 1.64 bits per heavy atom. The number of hydrogen-bond donors (Lipinski definition) is 0. The van der Waals surface area contributed by atoms with Crippen molar-refractivity contribution in [3.63, 3.8) is 0 Å². The first-order valence-electron chi connectivity index (χ1n) is 8.52. The number of aryl methyl sites for hydroxylation is 2. The van der Waals surface area contributed by atoms with E-state index in [4.69, 9.17) is 4.74 Å². The molecule has 1 aromatic heterocycles. The van der Waals surface area contributed by atoms with Crippen molar-refractivity contribution in [3.8, 4) is 11.1 Å². The normalized spacial score (nSPS) is 10.4. The van der Waals surface area contributed by atoms with E-state index in [1.807, 2.05) is 24.3 Å². The molecule has 0 aliphatic carbocycles. The van der Waals surface area contributed by atoms with E-state index >= 15 is 0 Å². The van der Waals surface area contributed by atoms with Crippen molar-refractivity contribution < 1.29 is 9.53 Å². The molecular weight excluding hydrogens is 310 g/mol. The molecule has 0 N–H and O–H groups in total. The van der Waals surface area contributed by atoms with Gasteiger partial charge in [-0.05, 0) is 48.6 Å². The zero-order valence-corrected chi connectivity index (χ0v) is 14.3. The van der Waals surface area contributed by atoms with Crippen LogP contribution in [0.25, 0.3) is 11.1 Å². The van der Waals surface area contributed by atoms with Crippen LogP contribution in [0.4, 0.5) is 0 Å². The van der Waals surface area contributed by atoms with E-state index in [-0.39, 0.29) is 5.97 Å². The molecule has 0 saturated heterocycles. The lowest BCUT2D eigenvalue weighted by Crippen LogP contribution is -2.06. The fourth-order valence-electron chi connectivity index (χ4n) is 2.72. The van der Waals surface area contributed by atoms with Crippen molar-refractivity contribution in [1.82, 2.24) is 4.98 Å². The third-order valence-electron chi connectivity index (χ3n) is 4.06. The molecule has 3 aromatic rings. The van der Waals surface area contributed by atoms with Gasteiger partial charge in [-0.2, -0.15) is 0 Å². The highest BCUT2D eigenvalue weighted by Crippen LogP contribution is 2.19. The lowest BCUT2D eigenvalue weighted by atomic mass is 10.0. The molecule has 3 heteroatoms. The molecule has 126 valence electrons. The highest BCUT2D eigenvalue weighted by Gasteiger charge is 2.07. The van der Waals surface area contributed by atoms with Crippen LogP contribution in [0.3, 0.4) is 0 Å². The first-order valence-corrected chi connectivity index (χ1v) is 8.52. The average Bonchev–Trinajstić information content (AvgIpc) is 2.68. The zero-order valence-electron chi connectivity index (χ0n) is 14.3. The summed E-state index contributed by atoms with van der Waals surface area (Å²) in [7, 11) is 0. The van der Waals surface area contributed by atoms with E-state index in [9.17, 15) is 4.79 Å². The number of esters is 1. The molecule has 0 fully saturated rings. The van der Waals surface area contributed by atoms with Crippen LogP contribution in [0.15, 0.2) is 72.9 Å². The molecule has 0 aliphatic rings. The standard InChI is InChI=1S/C22H21NO2/c1-2-25-22(24)20-14-15-23-21(16-20)13-10-17-8-11-19(12-9-17)18-6-4-3-5-7-18/h3-9,11-12,14-16H,2,10,13H2,1H3. The van der Waals surface area contributed by atoms with Crippen molar-refractivity contribution in [1.29, 1.82) is 0 Å². The summed E-state index contributed by atoms with van der Waals surface area (Å²) < 4.78 is 5.03. The summed E-state index contributed by atoms with van der Waals surface area (Å²) in [4.78, 5) is 16.1. The monoisotopic (exact) mass is 331 g/mol. The van der Waals surface area contributed by atoms with Gasteiger partial charge in [-0.1, -0.05) is 54.6 Å². The maximum Gasteiger partial charge on any atom is 0.338 e. The Labute approximate surface area is 148 Å². The molecule has 1 heterocycles. The summed E-state index contributed by atoms with van der Waals surface area (Å²) in [6.45, 7) is 2.18. The summed E-state index contributed by atoms with van der Waals surface area (Å²) in [5, 5.41) is 0. The molecule has 0 spiro atoms. The van der Waals surface area contributed by atoms with Gasteiger partial charge in [0, 0.05) is 11.9 Å². The van der Waals surface area contributed by atoms with Crippen LogP contribution in [0.1, 0.15) is 28.5 Å². The van der Waals surface area contributed by atoms with Crippen molar-refractivity contribution in [2.45, 2.75) is 19.8 Å². The van der Waals surface area contributed by atoms with Crippen LogP contribution in [0.5, 0.6) is 0 Å². The highest BCUT2D eigenvalue weighted by atomic mass is 16.5. The van der Waals surface area contributed by atoms with Crippen molar-refractivity contribution >= 4 is 5.97 Å².